The fraction of sp³-hybridized carbons (Fsp3) is 0. The fourth-order valence-electron chi connectivity index (χ4n) is 1.75. The Morgan fingerprint density at radius 1 is 1.05 bits per heavy atom. The molecular weight excluding hydrogens is 350 g/mol. The average molecular weight is 360 g/mol. The van der Waals surface area contributed by atoms with E-state index in [1.165, 1.54) is 11.5 Å². The van der Waals surface area contributed by atoms with Crippen molar-refractivity contribution in [1.29, 1.82) is 0 Å². The van der Waals surface area contributed by atoms with Crippen molar-refractivity contribution >= 4 is 38.5 Å². The minimum Gasteiger partial charge on any atom is -0.297 e. The van der Waals surface area contributed by atoms with E-state index in [0.717, 1.165) is 10.0 Å². The summed E-state index contributed by atoms with van der Waals surface area (Å²) in [6.45, 7) is 0. The first-order chi connectivity index (χ1) is 10.2. The molecule has 2 aromatic carbocycles. The minimum absolute atomic E-state index is 0.186. The average Bonchev–Trinajstić information content (AvgIpc) is 2.97. The van der Waals surface area contributed by atoms with Crippen LogP contribution in [0.5, 0.6) is 0 Å². The van der Waals surface area contributed by atoms with Crippen molar-refractivity contribution in [3.05, 3.63) is 64.6 Å². The number of anilines is 1. The van der Waals surface area contributed by atoms with Crippen molar-refractivity contribution in [2.75, 3.05) is 5.32 Å². The molecule has 0 saturated carbocycles. The van der Waals surface area contributed by atoms with Gasteiger partial charge in [0.15, 0.2) is 5.82 Å². The van der Waals surface area contributed by atoms with E-state index in [1.807, 2.05) is 42.5 Å². The topological polar surface area (TPSA) is 54.9 Å². The molecular formula is C15H10BrN3OS. The summed E-state index contributed by atoms with van der Waals surface area (Å²) in [7, 11) is 0. The van der Waals surface area contributed by atoms with E-state index >= 15 is 0 Å². The van der Waals surface area contributed by atoms with Crippen molar-refractivity contribution in [3.8, 4) is 11.4 Å². The predicted molar refractivity (Wildman–Crippen MR) is 87.4 cm³/mol. The molecule has 3 rings (SSSR count). The van der Waals surface area contributed by atoms with Gasteiger partial charge in [-0.25, -0.2) is 0 Å². The number of benzene rings is 2. The maximum Gasteiger partial charge on any atom is 0.257 e. The second-order valence-corrected chi connectivity index (χ2v) is 5.92. The third-order valence-electron chi connectivity index (χ3n) is 2.78. The molecule has 1 amide bonds. The van der Waals surface area contributed by atoms with Crippen LogP contribution in [-0.2, 0) is 0 Å². The summed E-state index contributed by atoms with van der Waals surface area (Å²) in [4.78, 5) is 16.4. The molecule has 21 heavy (non-hydrogen) atoms. The maximum absolute atomic E-state index is 12.0. The highest BCUT2D eigenvalue weighted by Crippen LogP contribution is 2.23. The van der Waals surface area contributed by atoms with Crippen molar-refractivity contribution in [3.63, 3.8) is 0 Å². The van der Waals surface area contributed by atoms with E-state index in [2.05, 4.69) is 30.6 Å². The summed E-state index contributed by atoms with van der Waals surface area (Å²) in [5.74, 6) is 0.421. The van der Waals surface area contributed by atoms with Crippen LogP contribution in [0.3, 0.4) is 0 Å². The first kappa shape index (κ1) is 13.9. The molecule has 0 saturated heterocycles. The van der Waals surface area contributed by atoms with E-state index < -0.39 is 0 Å². The summed E-state index contributed by atoms with van der Waals surface area (Å²) in [5.41, 5.74) is 1.51. The van der Waals surface area contributed by atoms with Gasteiger partial charge < -0.3 is 0 Å². The molecule has 0 bridgehead atoms. The first-order valence-electron chi connectivity index (χ1n) is 6.18. The Kier molecular flexibility index (Phi) is 4.08. The largest absolute Gasteiger partial charge is 0.297 e. The molecule has 1 N–H and O–H groups in total. The standard InChI is InChI=1S/C15H10BrN3OS/c16-12-8-6-10(7-9-12)13-17-15(21-19-13)18-14(20)11-4-2-1-3-5-11/h1-9H,(H,17,18,19,20). The van der Waals surface area contributed by atoms with Crippen LogP contribution >= 0.6 is 27.5 Å². The smallest absolute Gasteiger partial charge is 0.257 e. The molecule has 0 aliphatic carbocycles. The van der Waals surface area contributed by atoms with Crippen LogP contribution in [0.2, 0.25) is 0 Å². The SMILES string of the molecule is O=C(Nc1nc(-c2ccc(Br)cc2)ns1)c1ccccc1. The zero-order chi connectivity index (χ0) is 14.7. The molecule has 0 aliphatic heterocycles. The number of halogens is 1. The number of carbonyl (C=O) groups is 1. The van der Waals surface area contributed by atoms with Gasteiger partial charge in [0, 0.05) is 27.1 Å². The van der Waals surface area contributed by atoms with Crippen LogP contribution in [0.1, 0.15) is 10.4 Å². The van der Waals surface area contributed by atoms with Crippen molar-refractivity contribution in [2.45, 2.75) is 0 Å². The number of hydrogen-bond acceptors (Lipinski definition) is 4. The molecule has 104 valence electrons. The molecule has 0 fully saturated rings. The third kappa shape index (κ3) is 3.34. The maximum atomic E-state index is 12.0. The van der Waals surface area contributed by atoms with Crippen LogP contribution < -0.4 is 5.32 Å². The van der Waals surface area contributed by atoms with E-state index in [-0.39, 0.29) is 5.91 Å². The monoisotopic (exact) mass is 359 g/mol. The molecule has 0 unspecified atom stereocenters. The molecule has 0 radical (unpaired) electrons. The van der Waals surface area contributed by atoms with Gasteiger partial charge in [-0.05, 0) is 24.3 Å². The van der Waals surface area contributed by atoms with Gasteiger partial charge in [-0.15, -0.1) is 0 Å². The Morgan fingerprint density at radius 3 is 2.48 bits per heavy atom. The number of amides is 1. The molecule has 6 heteroatoms. The van der Waals surface area contributed by atoms with Gasteiger partial charge in [-0.3, -0.25) is 10.1 Å². The Labute approximate surface area is 134 Å². The zero-order valence-electron chi connectivity index (χ0n) is 10.8. The zero-order valence-corrected chi connectivity index (χ0v) is 13.2. The summed E-state index contributed by atoms with van der Waals surface area (Å²) < 4.78 is 5.26. The molecule has 1 aromatic heterocycles. The van der Waals surface area contributed by atoms with Crippen LogP contribution in [0.4, 0.5) is 5.13 Å². The van der Waals surface area contributed by atoms with E-state index in [1.54, 1.807) is 12.1 Å². The normalized spacial score (nSPS) is 10.3. The molecule has 3 aromatic rings. The number of aromatic nitrogens is 2. The van der Waals surface area contributed by atoms with E-state index in [9.17, 15) is 4.79 Å². The highest BCUT2D eigenvalue weighted by atomic mass is 79.9. The van der Waals surface area contributed by atoms with Gasteiger partial charge in [0.1, 0.15) is 0 Å². The molecule has 0 spiro atoms. The number of rotatable bonds is 3. The van der Waals surface area contributed by atoms with Gasteiger partial charge in [0.25, 0.3) is 5.91 Å². The molecule has 4 nitrogen and oxygen atoms in total. The lowest BCUT2D eigenvalue weighted by atomic mass is 10.2. The van der Waals surface area contributed by atoms with E-state index in [0.29, 0.717) is 16.5 Å². The minimum atomic E-state index is -0.186. The number of carbonyl (C=O) groups excluding carboxylic acids is 1. The van der Waals surface area contributed by atoms with Gasteiger partial charge in [-0.2, -0.15) is 9.36 Å². The van der Waals surface area contributed by atoms with E-state index in [4.69, 9.17) is 0 Å². The molecule has 0 aliphatic rings. The number of hydrogen-bond donors (Lipinski definition) is 1. The quantitative estimate of drug-likeness (QED) is 0.761. The second kappa shape index (κ2) is 6.15. The van der Waals surface area contributed by atoms with Crippen molar-refractivity contribution < 1.29 is 4.79 Å². The second-order valence-electron chi connectivity index (χ2n) is 4.25. The number of nitrogens with zero attached hydrogens (tertiary/aromatic N) is 2. The van der Waals surface area contributed by atoms with Crippen molar-refractivity contribution in [2.24, 2.45) is 0 Å². The first-order valence-corrected chi connectivity index (χ1v) is 7.75. The highest BCUT2D eigenvalue weighted by Gasteiger charge is 2.10. The lowest BCUT2D eigenvalue weighted by molar-refractivity contribution is 0.102. The third-order valence-corrected chi connectivity index (χ3v) is 3.94. The summed E-state index contributed by atoms with van der Waals surface area (Å²) in [5, 5.41) is 3.24. The lowest BCUT2D eigenvalue weighted by Gasteiger charge is -2.00. The lowest BCUT2D eigenvalue weighted by Crippen LogP contribution is -2.11. The predicted octanol–water partition coefficient (Wildman–Crippen LogP) is 4.22. The fourth-order valence-corrected chi connectivity index (χ4v) is 2.60. The Morgan fingerprint density at radius 2 is 1.76 bits per heavy atom. The van der Waals surface area contributed by atoms with Gasteiger partial charge in [0.2, 0.25) is 5.13 Å². The van der Waals surface area contributed by atoms with Crippen LogP contribution in [0, 0.1) is 0 Å². The van der Waals surface area contributed by atoms with Gasteiger partial charge in [-0.1, -0.05) is 46.3 Å². The summed E-state index contributed by atoms with van der Waals surface area (Å²) >= 11 is 4.55. The molecule has 1 heterocycles. The van der Waals surface area contributed by atoms with Crippen LogP contribution in [0.25, 0.3) is 11.4 Å². The molecule has 0 atom stereocenters. The van der Waals surface area contributed by atoms with Crippen LogP contribution in [-0.4, -0.2) is 15.3 Å². The van der Waals surface area contributed by atoms with Crippen molar-refractivity contribution in [1.82, 2.24) is 9.36 Å². The summed E-state index contributed by atoms with van der Waals surface area (Å²) in [6.07, 6.45) is 0. The Hall–Kier alpha value is -2.05. The van der Waals surface area contributed by atoms with Gasteiger partial charge in [0.05, 0.1) is 0 Å². The van der Waals surface area contributed by atoms with Crippen LogP contribution in [0.15, 0.2) is 59.1 Å². The Balaban J connectivity index is 1.76. The highest BCUT2D eigenvalue weighted by molar-refractivity contribution is 9.10. The number of nitrogens with one attached hydrogen (secondary N) is 1. The van der Waals surface area contributed by atoms with Gasteiger partial charge >= 0.3 is 0 Å². The Bertz CT molecular complexity index is 756. The summed E-state index contributed by atoms with van der Waals surface area (Å²) in [6, 6.07) is 16.7.